The highest BCUT2D eigenvalue weighted by atomic mass is 32.2. The Morgan fingerprint density at radius 3 is 2.53 bits per heavy atom. The van der Waals surface area contributed by atoms with E-state index >= 15 is 0 Å². The number of unbranched alkanes of at least 4 members (excludes halogenated alkanes) is 2. The number of carbonyl (C=O) groups excluding carboxylic acids is 1. The molecule has 1 fully saturated rings. The van der Waals surface area contributed by atoms with Crippen molar-refractivity contribution >= 4 is 27.7 Å². The Balaban J connectivity index is 1.53. The summed E-state index contributed by atoms with van der Waals surface area (Å²) in [7, 11) is -2.79. The Morgan fingerprint density at radius 1 is 1.09 bits per heavy atom. The van der Waals surface area contributed by atoms with Gasteiger partial charge in [-0.3, -0.25) is 19.7 Å². The van der Waals surface area contributed by atoms with Crippen LogP contribution < -0.4 is 4.31 Å². The van der Waals surface area contributed by atoms with Crippen LogP contribution in [-0.2, 0) is 37.4 Å². The van der Waals surface area contributed by atoms with Crippen LogP contribution in [0, 0.1) is 13.8 Å². The van der Waals surface area contributed by atoms with Crippen molar-refractivity contribution in [2.75, 3.05) is 24.8 Å². The first kappa shape index (κ1) is 34.7. The Kier molecular flexibility index (Phi) is 11.1. The number of anilines is 1. The van der Waals surface area contributed by atoms with Crippen molar-refractivity contribution in [1.29, 1.82) is 0 Å². The standard InChI is InChI=1S/C35H47N5O6S/c1-6-8-14-31-37-35(17-10-11-18-35)34(41)39(31)22-27-15-16-29(28(21-27)23-45-20-9-7-2)32-30(13-12-19-36-32)47(42,43)40(24-44-5)33-25(3)26(4)38-46-33/h12-13,15-16,19,21H,6-11,14,17-18,20,22-24H2,1-5H3. The van der Waals surface area contributed by atoms with Gasteiger partial charge in [0.1, 0.15) is 23.0 Å². The maximum atomic E-state index is 14.3. The number of ether oxygens (including phenoxy) is 2. The van der Waals surface area contributed by atoms with Gasteiger partial charge in [-0.05, 0) is 62.8 Å². The van der Waals surface area contributed by atoms with Gasteiger partial charge >= 0.3 is 0 Å². The summed E-state index contributed by atoms with van der Waals surface area (Å²) in [6.07, 6.45) is 9.88. The first-order valence-corrected chi connectivity index (χ1v) is 18.1. The maximum absolute atomic E-state index is 14.3. The van der Waals surface area contributed by atoms with Crippen LogP contribution >= 0.6 is 0 Å². The van der Waals surface area contributed by atoms with Crippen molar-refractivity contribution < 1.29 is 27.2 Å². The van der Waals surface area contributed by atoms with Crippen LogP contribution in [0.3, 0.4) is 0 Å². The fraction of sp³-hybridized carbons (Fsp3) is 0.543. The molecule has 1 amide bonds. The number of hydrogen-bond donors (Lipinski definition) is 0. The molecule has 0 N–H and O–H groups in total. The third kappa shape index (κ3) is 7.14. The van der Waals surface area contributed by atoms with Gasteiger partial charge in [-0.25, -0.2) is 12.7 Å². The summed E-state index contributed by atoms with van der Waals surface area (Å²) in [5, 5.41) is 3.97. The zero-order valence-electron chi connectivity index (χ0n) is 28.3. The lowest BCUT2D eigenvalue weighted by Gasteiger charge is -2.24. The summed E-state index contributed by atoms with van der Waals surface area (Å²) in [6.45, 7) is 8.71. The highest BCUT2D eigenvalue weighted by Crippen LogP contribution is 2.41. The fourth-order valence-corrected chi connectivity index (χ4v) is 7.84. The Labute approximate surface area is 278 Å². The summed E-state index contributed by atoms with van der Waals surface area (Å²) in [6, 6.07) is 8.97. The van der Waals surface area contributed by atoms with Gasteiger partial charge in [0.05, 0.1) is 24.5 Å². The molecule has 47 heavy (non-hydrogen) atoms. The second-order valence-electron chi connectivity index (χ2n) is 12.5. The maximum Gasteiger partial charge on any atom is 0.270 e. The summed E-state index contributed by atoms with van der Waals surface area (Å²) in [5.41, 5.74) is 3.20. The Hall–Kier alpha value is -3.61. The molecule has 1 spiro atoms. The smallest absolute Gasteiger partial charge is 0.270 e. The lowest BCUT2D eigenvalue weighted by molar-refractivity contribution is -0.131. The van der Waals surface area contributed by atoms with E-state index in [0.29, 0.717) is 30.0 Å². The van der Waals surface area contributed by atoms with Crippen LogP contribution in [0.25, 0.3) is 11.3 Å². The number of hydrogen-bond acceptors (Lipinski definition) is 9. The molecular formula is C35H47N5O6S. The van der Waals surface area contributed by atoms with E-state index in [4.69, 9.17) is 19.0 Å². The van der Waals surface area contributed by atoms with Crippen LogP contribution in [0.4, 0.5) is 5.88 Å². The number of sulfonamides is 1. The number of rotatable bonds is 16. The molecule has 11 nitrogen and oxygen atoms in total. The molecule has 0 bridgehead atoms. The largest absolute Gasteiger partial charge is 0.377 e. The summed E-state index contributed by atoms with van der Waals surface area (Å²) in [5.74, 6) is 1.06. The summed E-state index contributed by atoms with van der Waals surface area (Å²) >= 11 is 0. The Bertz CT molecular complexity index is 1700. The topological polar surface area (TPSA) is 127 Å². The Morgan fingerprint density at radius 2 is 1.85 bits per heavy atom. The number of pyridine rings is 1. The summed E-state index contributed by atoms with van der Waals surface area (Å²) < 4.78 is 46.5. The van der Waals surface area contributed by atoms with Crippen molar-refractivity contribution in [3.8, 4) is 11.3 Å². The molecule has 1 aliphatic carbocycles. The first-order valence-electron chi connectivity index (χ1n) is 16.7. The first-order chi connectivity index (χ1) is 22.7. The third-order valence-corrected chi connectivity index (χ3v) is 10.8. The molecule has 12 heteroatoms. The molecule has 1 aliphatic heterocycles. The van der Waals surface area contributed by atoms with Gasteiger partial charge in [0, 0.05) is 37.5 Å². The van der Waals surface area contributed by atoms with E-state index in [0.717, 1.165) is 79.1 Å². The average Bonchev–Trinajstić information content (AvgIpc) is 3.75. The van der Waals surface area contributed by atoms with E-state index < -0.39 is 15.6 Å². The molecule has 1 aromatic carbocycles. The minimum atomic E-state index is -4.21. The predicted molar refractivity (Wildman–Crippen MR) is 180 cm³/mol. The minimum Gasteiger partial charge on any atom is -0.377 e. The van der Waals surface area contributed by atoms with Gasteiger partial charge in [0.25, 0.3) is 15.9 Å². The number of methoxy groups -OCH3 is 1. The van der Waals surface area contributed by atoms with Crippen molar-refractivity contribution in [3.05, 3.63) is 58.9 Å². The van der Waals surface area contributed by atoms with E-state index in [1.807, 2.05) is 23.1 Å². The number of nitrogens with zero attached hydrogens (tertiary/aromatic N) is 5. The quantitative estimate of drug-likeness (QED) is 0.122. The van der Waals surface area contributed by atoms with E-state index in [9.17, 15) is 13.2 Å². The van der Waals surface area contributed by atoms with E-state index in [1.54, 1.807) is 26.1 Å². The van der Waals surface area contributed by atoms with Crippen molar-refractivity contribution in [2.45, 2.75) is 109 Å². The number of amidine groups is 1. The SMILES string of the molecule is CCCCOCc1cc(CN2C(=O)C3(CCCC3)N=C2CCCC)ccc1-c1ncccc1S(=O)(=O)N(COC)c1onc(C)c1C. The van der Waals surface area contributed by atoms with Crippen LogP contribution in [0.15, 0.2) is 50.9 Å². The number of amides is 1. The van der Waals surface area contributed by atoms with E-state index in [-0.39, 0.29) is 35.7 Å². The number of benzene rings is 1. The molecule has 0 unspecified atom stereocenters. The molecule has 254 valence electrons. The van der Waals surface area contributed by atoms with E-state index in [1.165, 1.54) is 13.2 Å². The summed E-state index contributed by atoms with van der Waals surface area (Å²) in [4.78, 5) is 25.3. The third-order valence-electron chi connectivity index (χ3n) is 9.09. The highest BCUT2D eigenvalue weighted by molar-refractivity contribution is 7.93. The predicted octanol–water partition coefficient (Wildman–Crippen LogP) is 6.71. The van der Waals surface area contributed by atoms with Crippen LogP contribution in [-0.4, -0.2) is 61.2 Å². The zero-order valence-corrected chi connectivity index (χ0v) is 29.1. The number of aliphatic imine (C=N–C) groups is 1. The normalized spacial score (nSPS) is 16.0. The molecule has 3 heterocycles. The van der Waals surface area contributed by atoms with Gasteiger partial charge in [-0.2, -0.15) is 0 Å². The van der Waals surface area contributed by atoms with Crippen LogP contribution in [0.2, 0.25) is 0 Å². The second kappa shape index (κ2) is 15.1. The molecule has 2 aliphatic rings. The van der Waals surface area contributed by atoms with Crippen LogP contribution in [0.1, 0.15) is 94.0 Å². The van der Waals surface area contributed by atoms with Crippen molar-refractivity contribution in [3.63, 3.8) is 0 Å². The van der Waals surface area contributed by atoms with Gasteiger partial charge in [-0.15, -0.1) is 0 Å². The van der Waals surface area contributed by atoms with Gasteiger partial charge < -0.3 is 14.0 Å². The van der Waals surface area contributed by atoms with Crippen molar-refractivity contribution in [1.82, 2.24) is 15.0 Å². The van der Waals surface area contributed by atoms with Gasteiger partial charge in [-0.1, -0.05) is 62.9 Å². The van der Waals surface area contributed by atoms with Gasteiger partial charge in [0.2, 0.25) is 5.88 Å². The molecular weight excluding hydrogens is 618 g/mol. The zero-order chi connectivity index (χ0) is 33.6. The minimum absolute atomic E-state index is 0.0000534. The molecule has 0 radical (unpaired) electrons. The monoisotopic (exact) mass is 665 g/mol. The second-order valence-corrected chi connectivity index (χ2v) is 14.3. The lowest BCUT2D eigenvalue weighted by atomic mass is 9.97. The van der Waals surface area contributed by atoms with Crippen LogP contribution in [0.5, 0.6) is 0 Å². The molecule has 2 aromatic heterocycles. The molecule has 0 atom stereocenters. The fourth-order valence-electron chi connectivity index (χ4n) is 6.32. The molecule has 1 saturated carbocycles. The number of aromatic nitrogens is 2. The lowest BCUT2D eigenvalue weighted by Crippen LogP contribution is -2.40. The highest BCUT2D eigenvalue weighted by Gasteiger charge is 2.49. The average molecular weight is 666 g/mol. The number of aryl methyl sites for hydroxylation is 1. The number of carbonyl (C=O) groups is 1. The molecule has 3 aromatic rings. The van der Waals surface area contributed by atoms with E-state index in [2.05, 4.69) is 24.0 Å². The van der Waals surface area contributed by atoms with Gasteiger partial charge in [0.15, 0.2) is 0 Å². The van der Waals surface area contributed by atoms with Crippen molar-refractivity contribution in [2.24, 2.45) is 4.99 Å². The molecule has 5 rings (SSSR count). The molecule has 0 saturated heterocycles.